The van der Waals surface area contributed by atoms with Gasteiger partial charge in [-0.2, -0.15) is 0 Å². The average Bonchev–Trinajstić information content (AvgIpc) is 3.33. The van der Waals surface area contributed by atoms with Crippen molar-refractivity contribution in [3.05, 3.63) is 102 Å². The lowest BCUT2D eigenvalue weighted by Crippen LogP contribution is -1.98. The van der Waals surface area contributed by atoms with Crippen LogP contribution in [0.25, 0.3) is 16.9 Å². The van der Waals surface area contributed by atoms with E-state index >= 15 is 0 Å². The first-order valence-electron chi connectivity index (χ1n) is 10.3. The van der Waals surface area contributed by atoms with Crippen molar-refractivity contribution < 1.29 is 0 Å². The number of aromatic nitrogens is 5. The van der Waals surface area contributed by atoms with Crippen molar-refractivity contribution in [2.75, 3.05) is 10.6 Å². The topological polar surface area (TPSA) is 80.5 Å². The average molecular weight is 454 g/mol. The Labute approximate surface area is 196 Å². The molecule has 0 fully saturated rings. The highest BCUT2D eigenvalue weighted by Gasteiger charge is 2.08. The number of rotatable bonds is 6. The van der Waals surface area contributed by atoms with Crippen LogP contribution < -0.4 is 10.6 Å². The van der Waals surface area contributed by atoms with Gasteiger partial charge in [0.25, 0.3) is 0 Å². The van der Waals surface area contributed by atoms with E-state index in [0.717, 1.165) is 45.4 Å². The molecule has 5 rings (SSSR count). The lowest BCUT2D eigenvalue weighted by molar-refractivity contribution is 0.804. The first-order valence-corrected chi connectivity index (χ1v) is 10.7. The molecule has 0 saturated carbocycles. The molecule has 3 aromatic heterocycles. The number of hydrogen-bond acceptors (Lipinski definition) is 6. The van der Waals surface area contributed by atoms with E-state index in [2.05, 4.69) is 30.9 Å². The monoisotopic (exact) mass is 453 g/mol. The highest BCUT2D eigenvalue weighted by atomic mass is 35.5. The van der Waals surface area contributed by atoms with Crippen molar-refractivity contribution in [1.29, 1.82) is 0 Å². The number of pyridine rings is 2. The fourth-order valence-corrected chi connectivity index (χ4v) is 3.55. The van der Waals surface area contributed by atoms with Crippen LogP contribution in [0.3, 0.4) is 0 Å². The summed E-state index contributed by atoms with van der Waals surface area (Å²) in [6.45, 7) is 1.93. The molecule has 2 N–H and O–H groups in total. The molecule has 3 heterocycles. The molecular weight excluding hydrogens is 434 g/mol. The van der Waals surface area contributed by atoms with E-state index in [9.17, 15) is 0 Å². The second-order valence-electron chi connectivity index (χ2n) is 7.47. The first-order chi connectivity index (χ1) is 16.1. The third-order valence-electron chi connectivity index (χ3n) is 5.00. The molecule has 0 aliphatic rings. The zero-order chi connectivity index (χ0) is 22.6. The minimum Gasteiger partial charge on any atom is -0.355 e. The lowest BCUT2D eigenvalue weighted by atomic mass is 10.1. The largest absolute Gasteiger partial charge is 0.355 e. The van der Waals surface area contributed by atoms with Crippen LogP contribution in [-0.4, -0.2) is 25.0 Å². The van der Waals surface area contributed by atoms with E-state index in [1.807, 2.05) is 79.9 Å². The molecular formula is C25H20ClN7. The minimum atomic E-state index is 0.564. The van der Waals surface area contributed by atoms with E-state index in [1.54, 1.807) is 23.3 Å². The fraction of sp³-hybridized carbons (Fsp3) is 0.0400. The zero-order valence-corrected chi connectivity index (χ0v) is 18.5. The maximum absolute atomic E-state index is 6.28. The van der Waals surface area contributed by atoms with Crippen molar-refractivity contribution in [3.8, 4) is 16.9 Å². The molecule has 33 heavy (non-hydrogen) atoms. The third-order valence-corrected chi connectivity index (χ3v) is 5.30. The number of hydrogen-bond donors (Lipinski definition) is 2. The number of anilines is 4. The Balaban J connectivity index is 1.37. The van der Waals surface area contributed by atoms with Crippen LogP contribution in [0.1, 0.15) is 5.69 Å². The molecule has 2 aromatic carbocycles. The summed E-state index contributed by atoms with van der Waals surface area (Å²) >= 11 is 6.28. The molecule has 0 unspecified atom stereocenters. The molecule has 5 aromatic rings. The second kappa shape index (κ2) is 9.10. The Morgan fingerprint density at radius 3 is 2.48 bits per heavy atom. The lowest BCUT2D eigenvalue weighted by Gasteiger charge is -2.10. The van der Waals surface area contributed by atoms with Crippen LogP contribution in [0.15, 0.2) is 91.5 Å². The molecule has 162 valence electrons. The zero-order valence-electron chi connectivity index (χ0n) is 17.8. The number of benzene rings is 2. The van der Waals surface area contributed by atoms with Crippen molar-refractivity contribution in [2.45, 2.75) is 6.92 Å². The summed E-state index contributed by atoms with van der Waals surface area (Å²) in [5, 5.41) is 16.0. The van der Waals surface area contributed by atoms with E-state index < -0.39 is 0 Å². The van der Waals surface area contributed by atoms with E-state index in [1.165, 1.54) is 0 Å². The minimum absolute atomic E-state index is 0.564. The quantitative estimate of drug-likeness (QED) is 0.320. The van der Waals surface area contributed by atoms with Crippen LogP contribution in [0.4, 0.5) is 22.7 Å². The van der Waals surface area contributed by atoms with Crippen molar-refractivity contribution in [3.63, 3.8) is 0 Å². The molecule has 0 bridgehead atoms. The smallest absolute Gasteiger partial charge is 0.113 e. The SMILES string of the molecule is Cc1cc(Nc2cccc(-n3cc(-c4cccc(Nc5ccncc5)c4)nn3)c2)c(Cl)cn1. The maximum Gasteiger partial charge on any atom is 0.113 e. The molecule has 0 amide bonds. The van der Waals surface area contributed by atoms with Gasteiger partial charge >= 0.3 is 0 Å². The third kappa shape index (κ3) is 4.83. The van der Waals surface area contributed by atoms with Gasteiger partial charge in [0.1, 0.15) is 5.69 Å². The van der Waals surface area contributed by atoms with Crippen LogP contribution in [0.2, 0.25) is 5.02 Å². The predicted molar refractivity (Wildman–Crippen MR) is 132 cm³/mol. The normalized spacial score (nSPS) is 10.7. The number of halogens is 1. The Morgan fingerprint density at radius 2 is 1.64 bits per heavy atom. The summed E-state index contributed by atoms with van der Waals surface area (Å²) in [6.07, 6.45) is 7.06. The van der Waals surface area contributed by atoms with Gasteiger partial charge in [0.15, 0.2) is 0 Å². The highest BCUT2D eigenvalue weighted by molar-refractivity contribution is 6.33. The second-order valence-corrected chi connectivity index (χ2v) is 7.88. The van der Waals surface area contributed by atoms with Crippen LogP contribution in [0, 0.1) is 6.92 Å². The molecule has 0 aliphatic carbocycles. The fourth-order valence-electron chi connectivity index (χ4n) is 3.40. The van der Waals surface area contributed by atoms with Gasteiger partial charge in [-0.25, -0.2) is 4.68 Å². The van der Waals surface area contributed by atoms with Gasteiger partial charge < -0.3 is 10.6 Å². The van der Waals surface area contributed by atoms with Gasteiger partial charge in [-0.05, 0) is 55.5 Å². The summed E-state index contributed by atoms with van der Waals surface area (Å²) in [5.41, 5.74) is 7.14. The number of nitrogens with zero attached hydrogens (tertiary/aromatic N) is 5. The van der Waals surface area contributed by atoms with Crippen LogP contribution >= 0.6 is 11.6 Å². The summed E-state index contributed by atoms with van der Waals surface area (Å²) < 4.78 is 1.75. The molecule has 0 saturated heterocycles. The van der Waals surface area contributed by atoms with Gasteiger partial charge in [-0.3, -0.25) is 9.97 Å². The Kier molecular flexibility index (Phi) is 5.70. The van der Waals surface area contributed by atoms with Gasteiger partial charge in [0.05, 0.1) is 22.6 Å². The Morgan fingerprint density at radius 1 is 0.848 bits per heavy atom. The Hall–Kier alpha value is -4.23. The van der Waals surface area contributed by atoms with Crippen molar-refractivity contribution in [1.82, 2.24) is 25.0 Å². The predicted octanol–water partition coefficient (Wildman–Crippen LogP) is 6.17. The van der Waals surface area contributed by atoms with E-state index in [4.69, 9.17) is 11.6 Å². The summed E-state index contributed by atoms with van der Waals surface area (Å²) in [5.74, 6) is 0. The molecule has 8 heteroatoms. The Bertz CT molecular complexity index is 1400. The molecule has 0 aliphatic heterocycles. The number of aryl methyl sites for hydroxylation is 1. The summed E-state index contributed by atoms with van der Waals surface area (Å²) in [4.78, 5) is 8.25. The maximum atomic E-state index is 6.28. The molecule has 0 spiro atoms. The first kappa shape index (κ1) is 20.7. The molecule has 7 nitrogen and oxygen atoms in total. The van der Waals surface area contributed by atoms with E-state index in [-0.39, 0.29) is 0 Å². The van der Waals surface area contributed by atoms with Gasteiger partial charge in [0.2, 0.25) is 0 Å². The van der Waals surface area contributed by atoms with Gasteiger partial charge in [-0.15, -0.1) is 5.10 Å². The van der Waals surface area contributed by atoms with Crippen molar-refractivity contribution >= 4 is 34.4 Å². The number of nitrogens with one attached hydrogen (secondary N) is 2. The highest BCUT2D eigenvalue weighted by Crippen LogP contribution is 2.27. The van der Waals surface area contributed by atoms with Gasteiger partial charge in [-0.1, -0.05) is 35.0 Å². The van der Waals surface area contributed by atoms with E-state index in [0.29, 0.717) is 5.02 Å². The van der Waals surface area contributed by atoms with Crippen LogP contribution in [0.5, 0.6) is 0 Å². The molecule has 0 atom stereocenters. The van der Waals surface area contributed by atoms with Crippen LogP contribution in [-0.2, 0) is 0 Å². The standard InChI is InChI=1S/C25H20ClN7/c1-17-12-24(23(26)15-28-17)30-21-6-3-7-22(14-21)33-16-25(31-32-33)18-4-2-5-20(13-18)29-19-8-10-27-11-9-19/h2-16H,1H3,(H,27,29)(H,28,30). The summed E-state index contributed by atoms with van der Waals surface area (Å²) in [6, 6.07) is 21.7. The summed E-state index contributed by atoms with van der Waals surface area (Å²) in [7, 11) is 0. The molecule has 0 radical (unpaired) electrons. The van der Waals surface area contributed by atoms with Gasteiger partial charge in [0, 0.05) is 46.9 Å². The van der Waals surface area contributed by atoms with Crippen molar-refractivity contribution in [2.24, 2.45) is 0 Å².